The Balaban J connectivity index is 1.54. The summed E-state index contributed by atoms with van der Waals surface area (Å²) in [6.07, 6.45) is 8.95. The molecule has 1 aromatic rings. The standard InChI is InChI=1S/C15H22N4O/c1-18(14(20)12-4-2-5-12)13-6-10-19(11-7-13)15-16-8-3-9-17-15/h3,8-9,12-13H,2,4-7,10-11H2,1H3. The topological polar surface area (TPSA) is 49.3 Å². The third-order valence-electron chi connectivity index (χ3n) is 4.65. The van der Waals surface area contributed by atoms with Crippen LogP contribution in [0, 0.1) is 5.92 Å². The molecule has 0 aromatic carbocycles. The summed E-state index contributed by atoms with van der Waals surface area (Å²) >= 11 is 0. The third-order valence-corrected chi connectivity index (χ3v) is 4.65. The minimum absolute atomic E-state index is 0.301. The van der Waals surface area contributed by atoms with Crippen molar-refractivity contribution in [2.24, 2.45) is 5.92 Å². The van der Waals surface area contributed by atoms with Crippen molar-refractivity contribution >= 4 is 11.9 Å². The quantitative estimate of drug-likeness (QED) is 0.842. The maximum Gasteiger partial charge on any atom is 0.225 e. The van der Waals surface area contributed by atoms with Gasteiger partial charge in [0, 0.05) is 44.5 Å². The number of anilines is 1. The van der Waals surface area contributed by atoms with Gasteiger partial charge < -0.3 is 9.80 Å². The van der Waals surface area contributed by atoms with Gasteiger partial charge in [0.1, 0.15) is 0 Å². The Kier molecular flexibility index (Phi) is 3.85. The molecule has 0 radical (unpaired) electrons. The molecule has 1 aliphatic heterocycles. The van der Waals surface area contributed by atoms with Crippen LogP contribution in [0.1, 0.15) is 32.1 Å². The molecule has 0 unspecified atom stereocenters. The van der Waals surface area contributed by atoms with Crippen molar-refractivity contribution in [3.8, 4) is 0 Å². The van der Waals surface area contributed by atoms with Gasteiger partial charge in [0.2, 0.25) is 11.9 Å². The number of carbonyl (C=O) groups is 1. The SMILES string of the molecule is CN(C(=O)C1CCC1)C1CCN(c2ncccn2)CC1. The van der Waals surface area contributed by atoms with Crippen molar-refractivity contribution in [3.63, 3.8) is 0 Å². The predicted octanol–water partition coefficient (Wildman–Crippen LogP) is 1.70. The van der Waals surface area contributed by atoms with Gasteiger partial charge in [-0.15, -0.1) is 0 Å². The number of nitrogens with zero attached hydrogens (tertiary/aromatic N) is 4. The van der Waals surface area contributed by atoms with E-state index in [1.54, 1.807) is 12.4 Å². The third kappa shape index (κ3) is 2.62. The van der Waals surface area contributed by atoms with E-state index in [4.69, 9.17) is 0 Å². The molecule has 0 N–H and O–H groups in total. The molecule has 2 heterocycles. The zero-order chi connectivity index (χ0) is 13.9. The van der Waals surface area contributed by atoms with Crippen molar-refractivity contribution in [3.05, 3.63) is 18.5 Å². The molecule has 1 aromatic heterocycles. The van der Waals surface area contributed by atoms with E-state index in [1.165, 1.54) is 6.42 Å². The fourth-order valence-electron chi connectivity index (χ4n) is 3.03. The van der Waals surface area contributed by atoms with Crippen LogP contribution < -0.4 is 4.90 Å². The van der Waals surface area contributed by atoms with Gasteiger partial charge in [-0.3, -0.25) is 4.79 Å². The van der Waals surface area contributed by atoms with Crippen molar-refractivity contribution in [2.75, 3.05) is 25.0 Å². The first-order chi connectivity index (χ1) is 9.75. The molecular weight excluding hydrogens is 252 g/mol. The summed E-state index contributed by atoms with van der Waals surface area (Å²) in [4.78, 5) is 25.0. The maximum absolute atomic E-state index is 12.3. The zero-order valence-corrected chi connectivity index (χ0v) is 12.0. The first-order valence-electron chi connectivity index (χ1n) is 7.54. The summed E-state index contributed by atoms with van der Waals surface area (Å²) in [6, 6.07) is 2.21. The summed E-state index contributed by atoms with van der Waals surface area (Å²) in [5.41, 5.74) is 0. The number of rotatable bonds is 3. The molecule has 1 saturated heterocycles. The van der Waals surface area contributed by atoms with Crippen molar-refractivity contribution in [1.82, 2.24) is 14.9 Å². The van der Waals surface area contributed by atoms with E-state index >= 15 is 0 Å². The van der Waals surface area contributed by atoms with Gasteiger partial charge in [0.15, 0.2) is 0 Å². The monoisotopic (exact) mass is 274 g/mol. The fraction of sp³-hybridized carbons (Fsp3) is 0.667. The lowest BCUT2D eigenvalue weighted by atomic mass is 9.84. The highest BCUT2D eigenvalue weighted by Crippen LogP contribution is 2.29. The van der Waals surface area contributed by atoms with E-state index in [2.05, 4.69) is 14.9 Å². The number of carbonyl (C=O) groups excluding carboxylic acids is 1. The lowest BCUT2D eigenvalue weighted by Crippen LogP contribution is -2.48. The second kappa shape index (κ2) is 5.77. The Labute approximate surface area is 120 Å². The normalized spacial score (nSPS) is 20.6. The van der Waals surface area contributed by atoms with Crippen LogP contribution in [0.15, 0.2) is 18.5 Å². The summed E-state index contributed by atoms with van der Waals surface area (Å²) in [6.45, 7) is 1.86. The molecule has 2 aliphatic rings. The average Bonchev–Trinajstić information content (AvgIpc) is 2.46. The Morgan fingerprint density at radius 1 is 1.20 bits per heavy atom. The van der Waals surface area contributed by atoms with Crippen LogP contribution in [0.5, 0.6) is 0 Å². The second-order valence-electron chi connectivity index (χ2n) is 5.84. The van der Waals surface area contributed by atoms with E-state index in [1.807, 2.05) is 18.0 Å². The molecule has 1 amide bonds. The molecule has 108 valence electrons. The first-order valence-corrected chi connectivity index (χ1v) is 7.54. The fourth-order valence-corrected chi connectivity index (χ4v) is 3.03. The molecule has 20 heavy (non-hydrogen) atoms. The van der Waals surface area contributed by atoms with E-state index in [0.717, 1.165) is 44.7 Å². The average molecular weight is 274 g/mol. The van der Waals surface area contributed by atoms with Crippen LogP contribution in [-0.4, -0.2) is 47.0 Å². The lowest BCUT2D eigenvalue weighted by molar-refractivity contribution is -0.139. The molecule has 5 heteroatoms. The van der Waals surface area contributed by atoms with E-state index < -0.39 is 0 Å². The zero-order valence-electron chi connectivity index (χ0n) is 12.0. The van der Waals surface area contributed by atoms with Crippen LogP contribution in [0.25, 0.3) is 0 Å². The lowest BCUT2D eigenvalue weighted by Gasteiger charge is -2.39. The molecule has 1 aliphatic carbocycles. The summed E-state index contributed by atoms with van der Waals surface area (Å²) in [7, 11) is 1.97. The number of hydrogen-bond donors (Lipinski definition) is 0. The van der Waals surface area contributed by atoms with Crippen molar-refractivity contribution in [1.29, 1.82) is 0 Å². The number of amides is 1. The maximum atomic E-state index is 12.3. The van der Waals surface area contributed by atoms with Crippen LogP contribution in [0.3, 0.4) is 0 Å². The Morgan fingerprint density at radius 3 is 2.40 bits per heavy atom. The predicted molar refractivity (Wildman–Crippen MR) is 77.4 cm³/mol. The first kappa shape index (κ1) is 13.3. The van der Waals surface area contributed by atoms with Crippen LogP contribution in [-0.2, 0) is 4.79 Å². The van der Waals surface area contributed by atoms with Crippen LogP contribution in [0.2, 0.25) is 0 Å². The molecule has 1 saturated carbocycles. The molecule has 2 fully saturated rings. The largest absolute Gasteiger partial charge is 0.342 e. The number of piperidine rings is 1. The highest BCUT2D eigenvalue weighted by atomic mass is 16.2. The van der Waals surface area contributed by atoms with Gasteiger partial charge in [0.25, 0.3) is 0 Å². The van der Waals surface area contributed by atoms with Gasteiger partial charge in [0.05, 0.1) is 0 Å². The molecule has 0 bridgehead atoms. The van der Waals surface area contributed by atoms with Gasteiger partial charge in [-0.1, -0.05) is 6.42 Å². The van der Waals surface area contributed by atoms with Gasteiger partial charge in [-0.25, -0.2) is 9.97 Å². The molecule has 3 rings (SSSR count). The molecule has 0 atom stereocenters. The van der Waals surface area contributed by atoms with Gasteiger partial charge in [-0.2, -0.15) is 0 Å². The van der Waals surface area contributed by atoms with E-state index in [-0.39, 0.29) is 0 Å². The van der Waals surface area contributed by atoms with Crippen molar-refractivity contribution in [2.45, 2.75) is 38.1 Å². The highest BCUT2D eigenvalue weighted by molar-refractivity contribution is 5.79. The van der Waals surface area contributed by atoms with Crippen LogP contribution in [0.4, 0.5) is 5.95 Å². The number of hydrogen-bond acceptors (Lipinski definition) is 4. The summed E-state index contributed by atoms with van der Waals surface area (Å²) in [5.74, 6) is 1.46. The minimum atomic E-state index is 0.301. The molecule has 5 nitrogen and oxygen atoms in total. The number of aromatic nitrogens is 2. The summed E-state index contributed by atoms with van der Waals surface area (Å²) in [5, 5.41) is 0. The Bertz CT molecular complexity index is 452. The summed E-state index contributed by atoms with van der Waals surface area (Å²) < 4.78 is 0. The van der Waals surface area contributed by atoms with Gasteiger partial charge >= 0.3 is 0 Å². The molecular formula is C15H22N4O. The van der Waals surface area contributed by atoms with E-state index in [0.29, 0.717) is 17.9 Å². The van der Waals surface area contributed by atoms with Crippen molar-refractivity contribution < 1.29 is 4.79 Å². The second-order valence-corrected chi connectivity index (χ2v) is 5.84. The smallest absolute Gasteiger partial charge is 0.225 e. The molecule has 0 spiro atoms. The van der Waals surface area contributed by atoms with E-state index in [9.17, 15) is 4.79 Å². The van der Waals surface area contributed by atoms with Gasteiger partial charge in [-0.05, 0) is 31.7 Å². The Hall–Kier alpha value is -1.65. The Morgan fingerprint density at radius 2 is 1.85 bits per heavy atom. The minimum Gasteiger partial charge on any atom is -0.342 e. The highest BCUT2D eigenvalue weighted by Gasteiger charge is 2.32. The van der Waals surface area contributed by atoms with Crippen LogP contribution >= 0.6 is 0 Å².